The highest BCUT2D eigenvalue weighted by atomic mass is 16.3. The predicted molar refractivity (Wildman–Crippen MR) is 87.3 cm³/mol. The maximum atomic E-state index is 12.3. The Kier molecular flexibility index (Phi) is 4.49. The maximum Gasteiger partial charge on any atom is 0.253 e. The van der Waals surface area contributed by atoms with Gasteiger partial charge in [-0.05, 0) is 29.8 Å². The number of aromatic nitrogens is 2. The van der Waals surface area contributed by atoms with Crippen molar-refractivity contribution in [2.24, 2.45) is 0 Å². The molecule has 0 saturated heterocycles. The first-order chi connectivity index (χ1) is 11.3. The van der Waals surface area contributed by atoms with Crippen LogP contribution in [0, 0.1) is 0 Å². The predicted octanol–water partition coefficient (Wildman–Crippen LogP) is 2.34. The highest BCUT2D eigenvalue weighted by Crippen LogP contribution is 2.13. The van der Waals surface area contributed by atoms with Gasteiger partial charge in [-0.25, -0.2) is 4.98 Å². The van der Waals surface area contributed by atoms with Crippen LogP contribution in [0.1, 0.15) is 22.0 Å². The third kappa shape index (κ3) is 3.46. The molecule has 1 amide bonds. The minimum atomic E-state index is -0.437. The quantitative estimate of drug-likeness (QED) is 0.760. The number of hydrogen-bond acceptors (Lipinski definition) is 3. The highest BCUT2D eigenvalue weighted by molar-refractivity contribution is 5.94. The molecule has 3 aromatic rings. The Morgan fingerprint density at radius 3 is 2.43 bits per heavy atom. The van der Waals surface area contributed by atoms with Crippen molar-refractivity contribution >= 4 is 5.91 Å². The monoisotopic (exact) mass is 307 g/mol. The van der Waals surface area contributed by atoms with Crippen LogP contribution in [0.4, 0.5) is 0 Å². The van der Waals surface area contributed by atoms with E-state index in [2.05, 4.69) is 10.3 Å². The Hall–Kier alpha value is -2.92. The first kappa shape index (κ1) is 15.0. The number of aliphatic hydroxyl groups excluding tert-OH is 1. The van der Waals surface area contributed by atoms with E-state index in [-0.39, 0.29) is 12.5 Å². The van der Waals surface area contributed by atoms with Crippen molar-refractivity contribution in [3.63, 3.8) is 0 Å². The van der Waals surface area contributed by atoms with E-state index in [1.165, 1.54) is 6.20 Å². The lowest BCUT2D eigenvalue weighted by atomic mass is 10.1. The summed E-state index contributed by atoms with van der Waals surface area (Å²) in [6, 6.07) is 16.3. The lowest BCUT2D eigenvalue weighted by Gasteiger charge is -2.16. The first-order valence-corrected chi connectivity index (χ1v) is 7.34. The van der Waals surface area contributed by atoms with E-state index in [4.69, 9.17) is 0 Å². The molecule has 116 valence electrons. The minimum Gasteiger partial charge on any atom is -0.394 e. The molecule has 0 saturated carbocycles. The summed E-state index contributed by atoms with van der Waals surface area (Å²) in [6.45, 7) is -0.162. The Morgan fingerprint density at radius 2 is 1.83 bits per heavy atom. The van der Waals surface area contributed by atoms with Crippen molar-refractivity contribution < 1.29 is 9.90 Å². The SMILES string of the molecule is O=C(NC(CO)c1ccccc1)c1ccc(-n2cccc2)nc1. The van der Waals surface area contributed by atoms with Gasteiger partial charge in [-0.3, -0.25) is 4.79 Å². The molecule has 0 aliphatic carbocycles. The van der Waals surface area contributed by atoms with Gasteiger partial charge in [0, 0.05) is 18.6 Å². The van der Waals surface area contributed by atoms with Crippen molar-refractivity contribution in [3.05, 3.63) is 84.3 Å². The van der Waals surface area contributed by atoms with E-state index in [1.54, 1.807) is 12.1 Å². The van der Waals surface area contributed by atoms with Crippen LogP contribution in [0.2, 0.25) is 0 Å². The van der Waals surface area contributed by atoms with Crippen LogP contribution in [-0.4, -0.2) is 27.2 Å². The summed E-state index contributed by atoms with van der Waals surface area (Å²) >= 11 is 0. The lowest BCUT2D eigenvalue weighted by molar-refractivity contribution is 0.0916. The van der Waals surface area contributed by atoms with E-state index in [9.17, 15) is 9.90 Å². The second-order valence-electron chi connectivity index (χ2n) is 5.11. The van der Waals surface area contributed by atoms with Gasteiger partial charge in [0.2, 0.25) is 0 Å². The van der Waals surface area contributed by atoms with Crippen LogP contribution in [-0.2, 0) is 0 Å². The summed E-state index contributed by atoms with van der Waals surface area (Å²) in [6.07, 6.45) is 5.31. The molecule has 0 fully saturated rings. The highest BCUT2D eigenvalue weighted by Gasteiger charge is 2.15. The van der Waals surface area contributed by atoms with Crippen LogP contribution < -0.4 is 5.32 Å². The molecule has 1 atom stereocenters. The average Bonchev–Trinajstić information content (AvgIpc) is 3.15. The summed E-state index contributed by atoms with van der Waals surface area (Å²) in [7, 11) is 0. The van der Waals surface area contributed by atoms with E-state index in [0.29, 0.717) is 5.56 Å². The number of pyridine rings is 1. The summed E-state index contributed by atoms with van der Waals surface area (Å²) in [4.78, 5) is 16.6. The number of nitrogens with zero attached hydrogens (tertiary/aromatic N) is 2. The summed E-state index contributed by atoms with van der Waals surface area (Å²) < 4.78 is 1.86. The molecule has 3 rings (SSSR count). The molecule has 1 unspecified atom stereocenters. The fourth-order valence-electron chi connectivity index (χ4n) is 2.32. The van der Waals surface area contributed by atoms with Gasteiger partial charge in [0.15, 0.2) is 0 Å². The zero-order valence-electron chi connectivity index (χ0n) is 12.5. The average molecular weight is 307 g/mol. The normalized spacial score (nSPS) is 11.9. The second-order valence-corrected chi connectivity index (χ2v) is 5.11. The fraction of sp³-hybridized carbons (Fsp3) is 0.111. The van der Waals surface area contributed by atoms with Gasteiger partial charge in [0.25, 0.3) is 5.91 Å². The zero-order chi connectivity index (χ0) is 16.1. The summed E-state index contributed by atoms with van der Waals surface area (Å²) in [5, 5.41) is 12.3. The van der Waals surface area contributed by atoms with E-state index in [0.717, 1.165) is 11.4 Å². The van der Waals surface area contributed by atoms with Crippen LogP contribution in [0.15, 0.2) is 73.2 Å². The van der Waals surface area contributed by atoms with E-state index >= 15 is 0 Å². The van der Waals surface area contributed by atoms with Crippen LogP contribution >= 0.6 is 0 Å². The fourth-order valence-corrected chi connectivity index (χ4v) is 2.32. The number of benzene rings is 1. The topological polar surface area (TPSA) is 67.2 Å². The minimum absolute atomic E-state index is 0.162. The van der Waals surface area contributed by atoms with Gasteiger partial charge < -0.3 is 15.0 Å². The zero-order valence-corrected chi connectivity index (χ0v) is 12.5. The molecule has 5 nitrogen and oxygen atoms in total. The molecular formula is C18H17N3O2. The van der Waals surface area contributed by atoms with Crippen molar-refractivity contribution in [1.82, 2.24) is 14.9 Å². The Balaban J connectivity index is 1.72. The maximum absolute atomic E-state index is 12.3. The molecule has 1 aromatic carbocycles. The third-order valence-corrected chi connectivity index (χ3v) is 3.57. The largest absolute Gasteiger partial charge is 0.394 e. The van der Waals surface area contributed by atoms with Crippen molar-refractivity contribution in [2.75, 3.05) is 6.61 Å². The Bertz CT molecular complexity index is 753. The van der Waals surface area contributed by atoms with Crippen LogP contribution in [0.3, 0.4) is 0 Å². The first-order valence-electron chi connectivity index (χ1n) is 7.34. The Labute approximate surface area is 134 Å². The van der Waals surface area contributed by atoms with Crippen molar-refractivity contribution in [1.29, 1.82) is 0 Å². The number of carbonyl (C=O) groups excluding carboxylic acids is 1. The molecule has 0 bridgehead atoms. The molecular weight excluding hydrogens is 290 g/mol. The van der Waals surface area contributed by atoms with Crippen molar-refractivity contribution in [2.45, 2.75) is 6.04 Å². The second kappa shape index (κ2) is 6.89. The van der Waals surface area contributed by atoms with Crippen LogP contribution in [0.25, 0.3) is 5.82 Å². The molecule has 23 heavy (non-hydrogen) atoms. The van der Waals surface area contributed by atoms with Crippen LogP contribution in [0.5, 0.6) is 0 Å². The number of nitrogens with one attached hydrogen (secondary N) is 1. The third-order valence-electron chi connectivity index (χ3n) is 3.57. The molecule has 5 heteroatoms. The summed E-state index contributed by atoms with van der Waals surface area (Å²) in [5.41, 5.74) is 1.32. The van der Waals surface area contributed by atoms with Gasteiger partial charge in [-0.15, -0.1) is 0 Å². The molecule has 2 N–H and O–H groups in total. The number of aliphatic hydroxyl groups is 1. The van der Waals surface area contributed by atoms with Gasteiger partial charge in [-0.1, -0.05) is 30.3 Å². The van der Waals surface area contributed by atoms with E-state index in [1.807, 2.05) is 59.4 Å². The standard InChI is InChI=1S/C18H17N3O2/c22-13-16(14-6-2-1-3-7-14)20-18(23)15-8-9-17(19-12-15)21-10-4-5-11-21/h1-12,16,22H,13H2,(H,20,23). The van der Waals surface area contributed by atoms with Gasteiger partial charge in [0.05, 0.1) is 18.2 Å². The lowest BCUT2D eigenvalue weighted by Crippen LogP contribution is -2.30. The molecule has 2 heterocycles. The van der Waals surface area contributed by atoms with Gasteiger partial charge >= 0.3 is 0 Å². The van der Waals surface area contributed by atoms with Crippen molar-refractivity contribution in [3.8, 4) is 5.82 Å². The smallest absolute Gasteiger partial charge is 0.253 e. The summed E-state index contributed by atoms with van der Waals surface area (Å²) in [5.74, 6) is 0.479. The Morgan fingerprint density at radius 1 is 1.09 bits per heavy atom. The number of rotatable bonds is 5. The molecule has 0 spiro atoms. The molecule has 2 aromatic heterocycles. The molecule has 0 aliphatic heterocycles. The van der Waals surface area contributed by atoms with Gasteiger partial charge in [0.1, 0.15) is 5.82 Å². The molecule has 0 aliphatic rings. The number of hydrogen-bond donors (Lipinski definition) is 2. The molecule has 0 radical (unpaired) electrons. The number of carbonyl (C=O) groups is 1. The number of amides is 1. The van der Waals surface area contributed by atoms with Gasteiger partial charge in [-0.2, -0.15) is 0 Å². The van der Waals surface area contributed by atoms with E-state index < -0.39 is 6.04 Å².